The number of hydrogen-bond acceptors (Lipinski definition) is 2. The van der Waals surface area contributed by atoms with Crippen molar-refractivity contribution >= 4 is 17.3 Å². The minimum atomic E-state index is 0.240. The Morgan fingerprint density at radius 3 is 2.86 bits per heavy atom. The molecule has 3 rings (SSSR count). The van der Waals surface area contributed by atoms with Gasteiger partial charge in [0.1, 0.15) is 0 Å². The summed E-state index contributed by atoms with van der Waals surface area (Å²) in [5.41, 5.74) is 5.10. The van der Waals surface area contributed by atoms with E-state index < -0.39 is 0 Å². The van der Waals surface area contributed by atoms with Crippen molar-refractivity contribution in [2.24, 2.45) is 0 Å². The molecular formula is C18H21ClN2. The molecule has 0 saturated heterocycles. The summed E-state index contributed by atoms with van der Waals surface area (Å²) in [6.45, 7) is 6.68. The zero-order chi connectivity index (χ0) is 15.0. The van der Waals surface area contributed by atoms with E-state index in [1.54, 1.807) is 6.20 Å². The van der Waals surface area contributed by atoms with E-state index >= 15 is 0 Å². The van der Waals surface area contributed by atoms with Crippen LogP contribution in [0.3, 0.4) is 0 Å². The van der Waals surface area contributed by atoms with Crippen LogP contribution in [-0.4, -0.2) is 4.98 Å². The second-order valence-electron chi connectivity index (χ2n) is 6.56. The van der Waals surface area contributed by atoms with E-state index in [-0.39, 0.29) is 5.41 Å². The second kappa shape index (κ2) is 5.34. The van der Waals surface area contributed by atoms with Gasteiger partial charge in [0.25, 0.3) is 0 Å². The molecule has 3 heteroatoms. The van der Waals surface area contributed by atoms with E-state index in [2.05, 4.69) is 54.5 Å². The summed E-state index contributed by atoms with van der Waals surface area (Å²) in [5.74, 6) is 0. The number of nitrogens with zero attached hydrogens (tertiary/aromatic N) is 1. The maximum atomic E-state index is 6.22. The van der Waals surface area contributed by atoms with Crippen molar-refractivity contribution in [3.05, 3.63) is 58.4 Å². The molecule has 1 unspecified atom stereocenters. The molecular weight excluding hydrogens is 280 g/mol. The lowest BCUT2D eigenvalue weighted by Gasteiger charge is -2.37. The molecule has 1 aromatic heterocycles. The summed E-state index contributed by atoms with van der Waals surface area (Å²) in [4.78, 5) is 4.23. The number of nitrogens with one attached hydrogen (secondary N) is 1. The fraction of sp³-hybridized carbons (Fsp3) is 0.389. The van der Waals surface area contributed by atoms with Crippen LogP contribution < -0.4 is 5.32 Å². The molecule has 0 amide bonds. The third-order valence-electron chi connectivity index (χ3n) is 4.43. The highest BCUT2D eigenvalue weighted by Gasteiger charge is 2.32. The van der Waals surface area contributed by atoms with E-state index in [4.69, 9.17) is 11.6 Å². The van der Waals surface area contributed by atoms with Gasteiger partial charge in [-0.05, 0) is 47.9 Å². The zero-order valence-electron chi connectivity index (χ0n) is 12.8. The Kier molecular flexibility index (Phi) is 3.66. The largest absolute Gasteiger partial charge is 0.376 e. The highest BCUT2D eigenvalue weighted by atomic mass is 35.5. The lowest BCUT2D eigenvalue weighted by molar-refractivity contribution is 0.406. The van der Waals surface area contributed by atoms with Gasteiger partial charge < -0.3 is 5.32 Å². The molecule has 1 N–H and O–H groups in total. The van der Waals surface area contributed by atoms with Crippen LogP contribution in [0, 0.1) is 6.92 Å². The smallest absolute Gasteiger partial charge is 0.152 e. The molecule has 2 aromatic rings. The van der Waals surface area contributed by atoms with Crippen LogP contribution in [0.5, 0.6) is 0 Å². The Morgan fingerprint density at radius 1 is 1.29 bits per heavy atom. The fourth-order valence-electron chi connectivity index (χ4n) is 3.20. The first kappa shape index (κ1) is 14.4. The number of aromatic nitrogens is 1. The van der Waals surface area contributed by atoms with Crippen LogP contribution in [-0.2, 0) is 5.41 Å². The van der Waals surface area contributed by atoms with Gasteiger partial charge in [-0.2, -0.15) is 0 Å². The molecule has 0 fully saturated rings. The second-order valence-corrected chi connectivity index (χ2v) is 6.92. The molecule has 1 heterocycles. The van der Waals surface area contributed by atoms with E-state index in [1.807, 2.05) is 6.92 Å². The highest BCUT2D eigenvalue weighted by molar-refractivity contribution is 6.32. The monoisotopic (exact) mass is 300 g/mol. The molecule has 1 aliphatic carbocycles. The topological polar surface area (TPSA) is 24.9 Å². The van der Waals surface area contributed by atoms with Gasteiger partial charge >= 0.3 is 0 Å². The van der Waals surface area contributed by atoms with Gasteiger partial charge in [-0.1, -0.05) is 49.7 Å². The summed E-state index contributed by atoms with van der Waals surface area (Å²) >= 11 is 6.22. The van der Waals surface area contributed by atoms with Crippen LogP contribution in [0.15, 0.2) is 36.5 Å². The third-order valence-corrected chi connectivity index (χ3v) is 4.73. The van der Waals surface area contributed by atoms with Crippen molar-refractivity contribution < 1.29 is 0 Å². The molecule has 0 bridgehead atoms. The molecule has 21 heavy (non-hydrogen) atoms. The van der Waals surface area contributed by atoms with Crippen LogP contribution >= 0.6 is 11.6 Å². The summed E-state index contributed by atoms with van der Waals surface area (Å²) in [6.07, 6.45) is 4.07. The van der Waals surface area contributed by atoms with Crippen LogP contribution in [0.2, 0.25) is 5.15 Å². The molecule has 110 valence electrons. The highest BCUT2D eigenvalue weighted by Crippen LogP contribution is 2.43. The Morgan fingerprint density at radius 2 is 2.05 bits per heavy atom. The SMILES string of the molecule is Cc1cnc(Cl)c(NC2CCC(C)(C)c3ccccc32)c1. The van der Waals surface area contributed by atoms with Crippen molar-refractivity contribution in [2.75, 3.05) is 5.32 Å². The standard InChI is InChI=1S/C18H21ClN2/c1-12-10-16(17(19)20-11-12)21-15-8-9-18(2,3)14-7-5-4-6-13(14)15/h4-7,10-11,15,21H,8-9H2,1-3H3. The average molecular weight is 301 g/mol. The number of anilines is 1. The first-order chi connectivity index (χ1) is 9.97. The normalized spacial score (nSPS) is 19.9. The number of rotatable bonds is 2. The Bertz CT molecular complexity index is 664. The number of hydrogen-bond donors (Lipinski definition) is 1. The molecule has 0 spiro atoms. The molecule has 1 atom stereocenters. The van der Waals surface area contributed by atoms with Gasteiger partial charge in [-0.3, -0.25) is 0 Å². The molecule has 0 radical (unpaired) electrons. The lowest BCUT2D eigenvalue weighted by atomic mass is 9.71. The predicted molar refractivity (Wildman–Crippen MR) is 89.0 cm³/mol. The summed E-state index contributed by atoms with van der Waals surface area (Å²) < 4.78 is 0. The lowest BCUT2D eigenvalue weighted by Crippen LogP contribution is -2.29. The average Bonchev–Trinajstić information content (AvgIpc) is 2.46. The van der Waals surface area contributed by atoms with Crippen LogP contribution in [0.1, 0.15) is 49.4 Å². The van der Waals surface area contributed by atoms with Crippen molar-refractivity contribution in [3.63, 3.8) is 0 Å². The Labute approximate surface area is 131 Å². The van der Waals surface area contributed by atoms with Gasteiger partial charge in [0.05, 0.1) is 11.7 Å². The van der Waals surface area contributed by atoms with Crippen molar-refractivity contribution in [1.82, 2.24) is 4.98 Å². The minimum absolute atomic E-state index is 0.240. The predicted octanol–water partition coefficient (Wildman–Crippen LogP) is 5.27. The Balaban J connectivity index is 1.96. The molecule has 2 nitrogen and oxygen atoms in total. The quantitative estimate of drug-likeness (QED) is 0.764. The fourth-order valence-corrected chi connectivity index (χ4v) is 3.36. The molecule has 1 aliphatic rings. The van der Waals surface area contributed by atoms with Crippen LogP contribution in [0.4, 0.5) is 5.69 Å². The van der Waals surface area contributed by atoms with Crippen molar-refractivity contribution in [3.8, 4) is 0 Å². The molecule has 0 saturated carbocycles. The third kappa shape index (κ3) is 2.77. The van der Waals surface area contributed by atoms with Gasteiger partial charge in [0.15, 0.2) is 5.15 Å². The van der Waals surface area contributed by atoms with E-state index in [1.165, 1.54) is 17.5 Å². The number of aryl methyl sites for hydroxylation is 1. The van der Waals surface area contributed by atoms with Gasteiger partial charge in [0, 0.05) is 6.20 Å². The van der Waals surface area contributed by atoms with Crippen molar-refractivity contribution in [1.29, 1.82) is 0 Å². The summed E-state index contributed by atoms with van der Waals surface area (Å²) in [6, 6.07) is 11.1. The van der Waals surface area contributed by atoms with E-state index in [0.717, 1.165) is 17.7 Å². The van der Waals surface area contributed by atoms with Crippen molar-refractivity contribution in [2.45, 2.75) is 45.1 Å². The number of halogens is 1. The van der Waals surface area contributed by atoms with Gasteiger partial charge in [-0.15, -0.1) is 0 Å². The first-order valence-corrected chi connectivity index (χ1v) is 7.83. The number of benzene rings is 1. The minimum Gasteiger partial charge on any atom is -0.376 e. The Hall–Kier alpha value is -1.54. The summed E-state index contributed by atoms with van der Waals surface area (Å²) in [7, 11) is 0. The number of pyridine rings is 1. The van der Waals surface area contributed by atoms with Gasteiger partial charge in [-0.25, -0.2) is 4.98 Å². The molecule has 1 aromatic carbocycles. The van der Waals surface area contributed by atoms with Crippen LogP contribution in [0.25, 0.3) is 0 Å². The maximum absolute atomic E-state index is 6.22. The van der Waals surface area contributed by atoms with E-state index in [9.17, 15) is 0 Å². The molecule has 0 aliphatic heterocycles. The first-order valence-electron chi connectivity index (χ1n) is 7.45. The number of fused-ring (bicyclic) bond motifs is 1. The van der Waals surface area contributed by atoms with E-state index in [0.29, 0.717) is 11.2 Å². The summed E-state index contributed by atoms with van der Waals surface area (Å²) in [5, 5.41) is 4.13. The maximum Gasteiger partial charge on any atom is 0.152 e. The van der Waals surface area contributed by atoms with Gasteiger partial charge in [0.2, 0.25) is 0 Å². The zero-order valence-corrected chi connectivity index (χ0v) is 13.5.